The lowest BCUT2D eigenvalue weighted by atomic mass is 9.96. The van der Waals surface area contributed by atoms with Crippen molar-refractivity contribution in [2.45, 2.75) is 38.0 Å². The molecular formula is C21H23FN6O. The third-order valence-corrected chi connectivity index (χ3v) is 5.91. The zero-order chi connectivity index (χ0) is 19.8. The normalized spacial score (nSPS) is 16.8. The van der Waals surface area contributed by atoms with E-state index < -0.39 is 0 Å². The first-order chi connectivity index (χ1) is 14.2. The third-order valence-electron chi connectivity index (χ3n) is 5.91. The second kappa shape index (κ2) is 7.35. The van der Waals surface area contributed by atoms with Crippen molar-refractivity contribution in [3.63, 3.8) is 0 Å². The number of rotatable bonds is 3. The number of hydrogen-bond donors (Lipinski definition) is 2. The van der Waals surface area contributed by atoms with Gasteiger partial charge >= 0.3 is 6.03 Å². The molecule has 5 rings (SSSR count). The summed E-state index contributed by atoms with van der Waals surface area (Å²) in [5.74, 6) is 1.72. The van der Waals surface area contributed by atoms with Crippen molar-refractivity contribution in [3.05, 3.63) is 59.6 Å². The summed E-state index contributed by atoms with van der Waals surface area (Å²) in [6.07, 6.45) is 8.23. The maximum absolute atomic E-state index is 13.3. The van der Waals surface area contributed by atoms with Crippen LogP contribution in [0, 0.1) is 5.82 Å². The Bertz CT molecular complexity index is 1000. The molecule has 0 bridgehead atoms. The smallest absolute Gasteiger partial charge is 0.323 e. The van der Waals surface area contributed by atoms with E-state index in [1.54, 1.807) is 18.3 Å². The number of H-pyrrole nitrogens is 1. The van der Waals surface area contributed by atoms with E-state index in [4.69, 9.17) is 0 Å². The highest BCUT2D eigenvalue weighted by atomic mass is 19.1. The molecule has 0 saturated carbocycles. The number of imidazole rings is 1. The highest BCUT2D eigenvalue weighted by Gasteiger charge is 2.28. The van der Waals surface area contributed by atoms with Crippen LogP contribution in [-0.4, -0.2) is 43.8 Å². The largest absolute Gasteiger partial charge is 0.348 e. The van der Waals surface area contributed by atoms with Crippen LogP contribution in [0.3, 0.4) is 0 Å². The average molecular weight is 394 g/mol. The molecule has 0 radical (unpaired) electrons. The summed E-state index contributed by atoms with van der Waals surface area (Å²) in [4.78, 5) is 22.2. The highest BCUT2D eigenvalue weighted by molar-refractivity contribution is 5.89. The molecule has 3 aromatic rings. The maximum atomic E-state index is 13.3. The molecule has 8 heteroatoms. The Morgan fingerprint density at radius 1 is 1.17 bits per heavy atom. The van der Waals surface area contributed by atoms with Gasteiger partial charge in [-0.1, -0.05) is 0 Å². The van der Waals surface area contributed by atoms with Gasteiger partial charge in [0, 0.05) is 42.7 Å². The van der Waals surface area contributed by atoms with Gasteiger partial charge in [-0.05, 0) is 56.4 Å². The summed E-state index contributed by atoms with van der Waals surface area (Å²) in [5, 5.41) is 7.66. The van der Waals surface area contributed by atoms with E-state index in [1.807, 2.05) is 15.8 Å². The van der Waals surface area contributed by atoms with E-state index in [1.165, 1.54) is 12.1 Å². The van der Waals surface area contributed by atoms with Crippen molar-refractivity contribution >= 4 is 11.8 Å². The van der Waals surface area contributed by atoms with E-state index in [0.29, 0.717) is 24.8 Å². The van der Waals surface area contributed by atoms with Gasteiger partial charge in [-0.25, -0.2) is 18.9 Å². The molecular weight excluding hydrogens is 371 g/mol. The van der Waals surface area contributed by atoms with Gasteiger partial charge in [0.1, 0.15) is 11.6 Å². The molecule has 2 N–H and O–H groups in total. The summed E-state index contributed by atoms with van der Waals surface area (Å²) in [5.41, 5.74) is 3.00. The van der Waals surface area contributed by atoms with Gasteiger partial charge < -0.3 is 9.88 Å². The molecule has 1 fully saturated rings. The predicted octanol–water partition coefficient (Wildman–Crippen LogP) is 3.63. The lowest BCUT2D eigenvalue weighted by molar-refractivity contribution is 0.193. The number of halogens is 1. The molecule has 1 aliphatic heterocycles. The van der Waals surface area contributed by atoms with Crippen LogP contribution in [-0.2, 0) is 12.8 Å². The van der Waals surface area contributed by atoms with Gasteiger partial charge in [-0.3, -0.25) is 5.32 Å². The van der Waals surface area contributed by atoms with E-state index in [0.717, 1.165) is 54.9 Å². The third kappa shape index (κ3) is 3.39. The molecule has 2 aromatic heterocycles. The van der Waals surface area contributed by atoms with Gasteiger partial charge in [-0.15, -0.1) is 5.10 Å². The Morgan fingerprint density at radius 3 is 2.69 bits per heavy atom. The Morgan fingerprint density at radius 2 is 1.97 bits per heavy atom. The van der Waals surface area contributed by atoms with E-state index >= 15 is 0 Å². The van der Waals surface area contributed by atoms with Crippen LogP contribution in [0.5, 0.6) is 0 Å². The fraction of sp³-hybridized carbons (Fsp3) is 0.381. The van der Waals surface area contributed by atoms with Gasteiger partial charge in [0.05, 0.1) is 5.69 Å². The van der Waals surface area contributed by atoms with Crippen molar-refractivity contribution in [1.29, 1.82) is 0 Å². The summed E-state index contributed by atoms with van der Waals surface area (Å²) >= 11 is 0. The molecule has 2 aliphatic rings. The maximum Gasteiger partial charge on any atom is 0.323 e. The van der Waals surface area contributed by atoms with Crippen molar-refractivity contribution in [1.82, 2.24) is 24.6 Å². The van der Waals surface area contributed by atoms with Gasteiger partial charge in [0.15, 0.2) is 5.82 Å². The first-order valence-electron chi connectivity index (χ1n) is 10.1. The van der Waals surface area contributed by atoms with Crippen LogP contribution in [0.15, 0.2) is 36.7 Å². The summed E-state index contributed by atoms with van der Waals surface area (Å²) in [7, 11) is 0. The van der Waals surface area contributed by atoms with E-state index in [-0.39, 0.29) is 11.8 Å². The molecule has 0 spiro atoms. The number of aromatic nitrogens is 4. The van der Waals surface area contributed by atoms with Crippen LogP contribution in [0.25, 0.3) is 5.69 Å². The Labute approximate surface area is 167 Å². The lowest BCUT2D eigenvalue weighted by Gasteiger charge is -2.31. The van der Waals surface area contributed by atoms with Crippen LogP contribution in [0.1, 0.15) is 42.3 Å². The van der Waals surface area contributed by atoms with Crippen molar-refractivity contribution < 1.29 is 9.18 Å². The number of hydrogen-bond acceptors (Lipinski definition) is 3. The van der Waals surface area contributed by atoms with Gasteiger partial charge in [0.2, 0.25) is 0 Å². The minimum Gasteiger partial charge on any atom is -0.348 e. The fourth-order valence-corrected chi connectivity index (χ4v) is 4.37. The number of urea groups is 1. The zero-order valence-electron chi connectivity index (χ0n) is 16.1. The number of nitrogens with one attached hydrogen (secondary N) is 2. The zero-order valence-corrected chi connectivity index (χ0v) is 16.1. The van der Waals surface area contributed by atoms with E-state index in [2.05, 4.69) is 20.4 Å². The SMILES string of the molecule is O=C(Nc1nn(-c2ccc(F)cc2)c2c1CCC2)N1CCC(c2ncc[nH]2)CC1. The number of benzene rings is 1. The standard InChI is InChI=1S/C21H23FN6O/c22-15-4-6-16(7-5-15)28-18-3-1-2-17(18)20(26-28)25-21(29)27-12-8-14(9-13-27)19-23-10-11-24-19/h4-7,10-11,14H,1-3,8-9,12-13H2,(H,23,24)(H,25,26,29). The summed E-state index contributed by atoms with van der Waals surface area (Å²) in [6, 6.07) is 6.18. The number of carbonyl (C=O) groups excluding carboxylic acids is 1. The number of piperidine rings is 1. The predicted molar refractivity (Wildman–Crippen MR) is 107 cm³/mol. The second-order valence-corrected chi connectivity index (χ2v) is 7.68. The molecule has 150 valence electrons. The monoisotopic (exact) mass is 394 g/mol. The first-order valence-corrected chi connectivity index (χ1v) is 10.1. The number of fused-ring (bicyclic) bond motifs is 1. The molecule has 7 nitrogen and oxygen atoms in total. The molecule has 1 saturated heterocycles. The van der Waals surface area contributed by atoms with Crippen molar-refractivity contribution in [2.75, 3.05) is 18.4 Å². The number of carbonyl (C=O) groups is 1. The molecule has 1 aliphatic carbocycles. The molecule has 1 aromatic carbocycles. The minimum absolute atomic E-state index is 0.110. The average Bonchev–Trinajstić information content (AvgIpc) is 3.48. The number of nitrogens with zero attached hydrogens (tertiary/aromatic N) is 4. The van der Waals surface area contributed by atoms with Crippen LogP contribution < -0.4 is 5.32 Å². The number of aromatic amines is 1. The Balaban J connectivity index is 1.30. The molecule has 2 amide bonds. The second-order valence-electron chi connectivity index (χ2n) is 7.68. The molecule has 3 heterocycles. The van der Waals surface area contributed by atoms with Gasteiger partial charge in [0.25, 0.3) is 0 Å². The topological polar surface area (TPSA) is 78.8 Å². The highest BCUT2D eigenvalue weighted by Crippen LogP contribution is 2.31. The number of likely N-dealkylation sites (tertiary alicyclic amines) is 1. The fourth-order valence-electron chi connectivity index (χ4n) is 4.37. The van der Waals surface area contributed by atoms with Gasteiger partial charge in [-0.2, -0.15) is 0 Å². The quantitative estimate of drug-likeness (QED) is 0.712. The Hall–Kier alpha value is -3.16. The van der Waals surface area contributed by atoms with E-state index in [9.17, 15) is 9.18 Å². The molecule has 29 heavy (non-hydrogen) atoms. The number of anilines is 1. The van der Waals surface area contributed by atoms with Crippen molar-refractivity contribution in [2.24, 2.45) is 0 Å². The summed E-state index contributed by atoms with van der Waals surface area (Å²) in [6.45, 7) is 1.39. The van der Waals surface area contributed by atoms with Crippen LogP contribution in [0.2, 0.25) is 0 Å². The molecule has 0 atom stereocenters. The minimum atomic E-state index is -0.274. The Kier molecular flexibility index (Phi) is 4.54. The first kappa shape index (κ1) is 17.9. The van der Waals surface area contributed by atoms with Crippen molar-refractivity contribution in [3.8, 4) is 5.69 Å². The lowest BCUT2D eigenvalue weighted by Crippen LogP contribution is -2.40. The summed E-state index contributed by atoms with van der Waals surface area (Å²) < 4.78 is 15.1. The van der Waals surface area contributed by atoms with Crippen LogP contribution in [0.4, 0.5) is 15.0 Å². The van der Waals surface area contributed by atoms with Crippen LogP contribution >= 0.6 is 0 Å². The number of amides is 2. The molecule has 0 unspecified atom stereocenters.